The van der Waals surface area contributed by atoms with Crippen LogP contribution in [0, 0.1) is 11.8 Å². The van der Waals surface area contributed by atoms with E-state index in [1.54, 1.807) is 10.4 Å². The van der Waals surface area contributed by atoms with Gasteiger partial charge in [-0.15, -0.1) is 11.3 Å². The number of rotatable bonds is 4. The summed E-state index contributed by atoms with van der Waals surface area (Å²) in [6, 6.07) is 2.83. The normalized spacial score (nSPS) is 28.3. The van der Waals surface area contributed by atoms with Crippen LogP contribution >= 0.6 is 11.3 Å². The summed E-state index contributed by atoms with van der Waals surface area (Å²) >= 11 is 2.01. The number of nitrogens with one attached hydrogen (secondary N) is 1. The molecule has 0 aromatic carbocycles. The number of hydrogen-bond donors (Lipinski definition) is 2. The molecule has 1 aromatic rings. The van der Waals surface area contributed by atoms with E-state index >= 15 is 0 Å². The van der Waals surface area contributed by atoms with E-state index < -0.39 is 0 Å². The molecular weight excluding hydrogens is 252 g/mol. The summed E-state index contributed by atoms with van der Waals surface area (Å²) in [6.45, 7) is 2.33. The summed E-state index contributed by atoms with van der Waals surface area (Å²) in [5, 5.41) is 0. The van der Waals surface area contributed by atoms with Gasteiger partial charge in [0.05, 0.1) is 6.04 Å². The smallest absolute Gasteiger partial charge is 0.0581 e. The Kier molecular flexibility index (Phi) is 4.25. The Morgan fingerprint density at radius 2 is 2.11 bits per heavy atom. The minimum Gasteiger partial charge on any atom is -0.271 e. The maximum atomic E-state index is 5.88. The molecule has 1 unspecified atom stereocenters. The number of hydrogen-bond acceptors (Lipinski definition) is 3. The van der Waals surface area contributed by atoms with Gasteiger partial charge < -0.3 is 0 Å². The van der Waals surface area contributed by atoms with Crippen LogP contribution in [0.15, 0.2) is 6.07 Å². The predicted molar refractivity (Wildman–Crippen MR) is 82.1 cm³/mol. The number of aryl methyl sites for hydroxylation is 2. The third-order valence-electron chi connectivity index (χ3n) is 5.19. The van der Waals surface area contributed by atoms with Crippen molar-refractivity contribution < 1.29 is 0 Å². The SMILES string of the molecule is CCC1CCC(C(NN)c2cc3c(s2)CCC3)CC1. The Labute approximate surface area is 120 Å². The largest absolute Gasteiger partial charge is 0.271 e. The molecular formula is C16H26N2S. The van der Waals surface area contributed by atoms with E-state index in [0.29, 0.717) is 6.04 Å². The van der Waals surface area contributed by atoms with Crippen molar-refractivity contribution in [2.75, 3.05) is 0 Å². The van der Waals surface area contributed by atoms with Gasteiger partial charge in [0.25, 0.3) is 0 Å². The van der Waals surface area contributed by atoms with Crippen molar-refractivity contribution in [3.8, 4) is 0 Å². The molecule has 0 radical (unpaired) electrons. The van der Waals surface area contributed by atoms with Gasteiger partial charge in [0.2, 0.25) is 0 Å². The molecule has 2 aliphatic carbocycles. The van der Waals surface area contributed by atoms with Crippen molar-refractivity contribution >= 4 is 11.3 Å². The molecule has 19 heavy (non-hydrogen) atoms. The summed E-state index contributed by atoms with van der Waals surface area (Å²) in [6.07, 6.45) is 10.7. The molecule has 0 spiro atoms. The van der Waals surface area contributed by atoms with Crippen LogP contribution in [0.4, 0.5) is 0 Å². The van der Waals surface area contributed by atoms with Crippen molar-refractivity contribution in [3.63, 3.8) is 0 Å². The molecule has 1 saturated carbocycles. The third kappa shape index (κ3) is 2.74. The van der Waals surface area contributed by atoms with E-state index in [2.05, 4.69) is 18.4 Å². The van der Waals surface area contributed by atoms with Gasteiger partial charge in [-0.1, -0.05) is 26.2 Å². The van der Waals surface area contributed by atoms with Gasteiger partial charge >= 0.3 is 0 Å². The van der Waals surface area contributed by atoms with Crippen LogP contribution < -0.4 is 11.3 Å². The molecule has 2 aliphatic rings. The quantitative estimate of drug-likeness (QED) is 0.646. The van der Waals surface area contributed by atoms with Crippen molar-refractivity contribution in [2.24, 2.45) is 17.7 Å². The maximum Gasteiger partial charge on any atom is 0.0581 e. The van der Waals surface area contributed by atoms with E-state index in [0.717, 1.165) is 11.8 Å². The van der Waals surface area contributed by atoms with Crippen LogP contribution in [-0.2, 0) is 12.8 Å². The van der Waals surface area contributed by atoms with E-state index in [-0.39, 0.29) is 0 Å². The Balaban J connectivity index is 1.70. The van der Waals surface area contributed by atoms with Crippen molar-refractivity contribution in [3.05, 3.63) is 21.4 Å². The zero-order valence-corrected chi connectivity index (χ0v) is 12.8. The number of thiophene rings is 1. The average molecular weight is 278 g/mol. The van der Waals surface area contributed by atoms with Crippen LogP contribution in [0.1, 0.15) is 66.8 Å². The summed E-state index contributed by atoms with van der Waals surface area (Å²) in [7, 11) is 0. The van der Waals surface area contributed by atoms with E-state index in [1.165, 1.54) is 56.2 Å². The molecule has 0 saturated heterocycles. The van der Waals surface area contributed by atoms with Gasteiger partial charge in [-0.25, -0.2) is 0 Å². The number of fused-ring (bicyclic) bond motifs is 1. The van der Waals surface area contributed by atoms with Gasteiger partial charge in [-0.05, 0) is 55.6 Å². The number of hydrazine groups is 1. The molecule has 0 bridgehead atoms. The molecule has 1 atom stereocenters. The van der Waals surface area contributed by atoms with Gasteiger partial charge in [-0.3, -0.25) is 11.3 Å². The Hall–Kier alpha value is -0.380. The van der Waals surface area contributed by atoms with E-state index in [1.807, 2.05) is 11.3 Å². The first-order valence-electron chi connectivity index (χ1n) is 7.89. The Bertz CT molecular complexity index is 397. The lowest BCUT2D eigenvalue weighted by molar-refractivity contribution is 0.221. The van der Waals surface area contributed by atoms with Crippen molar-refractivity contribution in [1.29, 1.82) is 0 Å². The second-order valence-corrected chi connectivity index (χ2v) is 7.45. The van der Waals surface area contributed by atoms with Gasteiger partial charge in [0.15, 0.2) is 0 Å². The average Bonchev–Trinajstić information content (AvgIpc) is 3.02. The molecule has 0 amide bonds. The van der Waals surface area contributed by atoms with Crippen molar-refractivity contribution in [1.82, 2.24) is 5.43 Å². The fourth-order valence-electron chi connectivity index (χ4n) is 3.89. The molecule has 3 heteroatoms. The fourth-order valence-corrected chi connectivity index (χ4v) is 5.30. The first kappa shape index (κ1) is 13.6. The summed E-state index contributed by atoms with van der Waals surface area (Å²) in [5.41, 5.74) is 4.72. The highest BCUT2D eigenvalue weighted by molar-refractivity contribution is 7.12. The zero-order valence-electron chi connectivity index (χ0n) is 12.0. The second kappa shape index (κ2) is 5.94. The Morgan fingerprint density at radius 3 is 2.74 bits per heavy atom. The molecule has 0 aliphatic heterocycles. The first-order chi connectivity index (χ1) is 9.31. The second-order valence-electron chi connectivity index (χ2n) is 6.28. The highest BCUT2D eigenvalue weighted by Gasteiger charge is 2.29. The highest BCUT2D eigenvalue weighted by atomic mass is 32.1. The maximum absolute atomic E-state index is 5.88. The lowest BCUT2D eigenvalue weighted by Crippen LogP contribution is -2.34. The monoisotopic (exact) mass is 278 g/mol. The van der Waals surface area contributed by atoms with Gasteiger partial charge in [0, 0.05) is 9.75 Å². The van der Waals surface area contributed by atoms with E-state index in [4.69, 9.17) is 5.84 Å². The minimum atomic E-state index is 0.397. The molecule has 3 N–H and O–H groups in total. The standard InChI is InChI=1S/C16H26N2S/c1-2-11-6-8-12(9-7-11)16(18-17)15-10-13-4-3-5-14(13)19-15/h10-12,16,18H,2-9,17H2,1H3. The lowest BCUT2D eigenvalue weighted by atomic mass is 9.77. The summed E-state index contributed by atoms with van der Waals surface area (Å²) < 4.78 is 0. The highest BCUT2D eigenvalue weighted by Crippen LogP contribution is 2.41. The van der Waals surface area contributed by atoms with Crippen LogP contribution in [0.5, 0.6) is 0 Å². The minimum absolute atomic E-state index is 0.397. The summed E-state index contributed by atoms with van der Waals surface area (Å²) in [5.74, 6) is 7.58. The number of nitrogens with two attached hydrogens (primary N) is 1. The molecule has 2 nitrogen and oxygen atoms in total. The van der Waals surface area contributed by atoms with Crippen molar-refractivity contribution in [2.45, 2.75) is 64.3 Å². The fraction of sp³-hybridized carbons (Fsp3) is 0.750. The summed E-state index contributed by atoms with van der Waals surface area (Å²) in [4.78, 5) is 3.12. The molecule has 1 fully saturated rings. The van der Waals surface area contributed by atoms with Gasteiger partial charge in [0.1, 0.15) is 0 Å². The predicted octanol–water partition coefficient (Wildman–Crippen LogP) is 3.96. The van der Waals surface area contributed by atoms with Crippen LogP contribution in [-0.4, -0.2) is 0 Å². The molecule has 106 valence electrons. The van der Waals surface area contributed by atoms with Crippen LogP contribution in [0.25, 0.3) is 0 Å². The van der Waals surface area contributed by atoms with Crippen LogP contribution in [0.3, 0.4) is 0 Å². The first-order valence-corrected chi connectivity index (χ1v) is 8.71. The topological polar surface area (TPSA) is 38.0 Å². The van der Waals surface area contributed by atoms with Gasteiger partial charge in [-0.2, -0.15) is 0 Å². The molecule has 1 aromatic heterocycles. The lowest BCUT2D eigenvalue weighted by Gasteiger charge is -2.32. The molecule has 1 heterocycles. The molecule has 3 rings (SSSR count). The Morgan fingerprint density at radius 1 is 1.32 bits per heavy atom. The zero-order chi connectivity index (χ0) is 13.2. The van der Waals surface area contributed by atoms with Crippen LogP contribution in [0.2, 0.25) is 0 Å². The third-order valence-corrected chi connectivity index (χ3v) is 6.51. The van der Waals surface area contributed by atoms with E-state index in [9.17, 15) is 0 Å².